The molecule has 0 saturated carbocycles. The minimum absolute atomic E-state index is 0.509. The van der Waals surface area contributed by atoms with Crippen molar-refractivity contribution in [2.75, 3.05) is 0 Å². The van der Waals surface area contributed by atoms with E-state index in [1.807, 2.05) is 0 Å². The van der Waals surface area contributed by atoms with Crippen molar-refractivity contribution in [1.29, 1.82) is 0 Å². The highest BCUT2D eigenvalue weighted by atomic mass is 79.9. The van der Waals surface area contributed by atoms with Gasteiger partial charge in [0.05, 0.1) is 3.74 Å². The van der Waals surface area contributed by atoms with Crippen LogP contribution >= 0.6 is 31.9 Å². The summed E-state index contributed by atoms with van der Waals surface area (Å²) in [5.74, 6) is 0. The van der Waals surface area contributed by atoms with Gasteiger partial charge >= 0.3 is 0 Å². The van der Waals surface area contributed by atoms with Crippen molar-refractivity contribution in [3.63, 3.8) is 0 Å². The Morgan fingerprint density at radius 3 is 1.80 bits per heavy atom. The predicted octanol–water partition coefficient (Wildman–Crippen LogP) is 1.15. The maximum atomic E-state index is 3.29. The van der Waals surface area contributed by atoms with Gasteiger partial charge in [0.1, 0.15) is 7.85 Å². The fraction of sp³-hybridized carbons (Fsp3) is 1.00. The first-order chi connectivity index (χ1) is 2.27. The summed E-state index contributed by atoms with van der Waals surface area (Å²) in [5, 5.41) is 0. The van der Waals surface area contributed by atoms with Crippen LogP contribution in [0.15, 0.2) is 0 Å². The number of alkyl halides is 2. The van der Waals surface area contributed by atoms with Gasteiger partial charge in [0.15, 0.2) is 0 Å². The molecule has 0 rings (SSSR count). The summed E-state index contributed by atoms with van der Waals surface area (Å²) >= 11 is 6.58. The van der Waals surface area contributed by atoms with Crippen LogP contribution in [0.1, 0.15) is 0 Å². The summed E-state index contributed by atoms with van der Waals surface area (Å²) in [7, 11) is 2.11. The van der Waals surface area contributed by atoms with Crippen molar-refractivity contribution in [3.05, 3.63) is 0 Å². The number of halogens is 2. The molecule has 0 aliphatic heterocycles. The van der Waals surface area contributed by atoms with E-state index >= 15 is 0 Å². The third kappa shape index (κ3) is 5.02. The summed E-state index contributed by atoms with van der Waals surface area (Å²) in [6, 6.07) is 0. The van der Waals surface area contributed by atoms with Gasteiger partial charge < -0.3 is 0 Å². The zero-order chi connectivity index (χ0) is 4.28. The van der Waals surface area contributed by atoms with Gasteiger partial charge in [-0.25, -0.2) is 0 Å². The van der Waals surface area contributed by atoms with E-state index in [9.17, 15) is 0 Å². The second kappa shape index (κ2) is 3.22. The lowest BCUT2D eigenvalue weighted by Crippen LogP contribution is -1.76. The Morgan fingerprint density at radius 2 is 1.80 bits per heavy atom. The Kier molecular flexibility index (Phi) is 3.88. The predicted molar refractivity (Wildman–Crippen MR) is 35.0 cm³/mol. The molecule has 30 valence electrons. The van der Waals surface area contributed by atoms with Crippen molar-refractivity contribution in [2.45, 2.75) is 10.1 Å². The molecule has 0 aromatic carbocycles. The summed E-state index contributed by atoms with van der Waals surface area (Å²) in [6.07, 6.45) is 1.14. The van der Waals surface area contributed by atoms with E-state index in [-0.39, 0.29) is 0 Å². The number of hydrogen-bond acceptors (Lipinski definition) is 0. The normalized spacial score (nSPS) is 9.40. The SMILES string of the molecule is BCC(Br)Br. The van der Waals surface area contributed by atoms with Crippen molar-refractivity contribution in [2.24, 2.45) is 0 Å². The fourth-order valence-electron chi connectivity index (χ4n) is 0. The highest BCUT2D eigenvalue weighted by Crippen LogP contribution is 2.09. The van der Waals surface area contributed by atoms with Crippen LogP contribution < -0.4 is 0 Å². The average molecular weight is 200 g/mol. The molecular weight excluding hydrogens is 195 g/mol. The van der Waals surface area contributed by atoms with Crippen molar-refractivity contribution in [1.82, 2.24) is 0 Å². The molecule has 0 aliphatic carbocycles. The molecule has 0 aromatic rings. The number of rotatable bonds is 1. The zero-order valence-electron chi connectivity index (χ0n) is 3.04. The molecule has 0 nitrogen and oxygen atoms in total. The van der Waals surface area contributed by atoms with Crippen LogP contribution in [0.4, 0.5) is 0 Å². The molecule has 0 spiro atoms. The largest absolute Gasteiger partial charge is 0.103 e. The minimum Gasteiger partial charge on any atom is -0.0773 e. The molecule has 0 atom stereocenters. The molecule has 0 radical (unpaired) electrons. The number of hydrogen-bond donors (Lipinski definition) is 0. The van der Waals surface area contributed by atoms with Gasteiger partial charge in [-0.1, -0.05) is 38.2 Å². The van der Waals surface area contributed by atoms with E-state index in [1.165, 1.54) is 0 Å². The molecule has 0 bridgehead atoms. The van der Waals surface area contributed by atoms with Gasteiger partial charge in [0, 0.05) is 0 Å². The third-order valence-corrected chi connectivity index (χ3v) is 1.60. The summed E-state index contributed by atoms with van der Waals surface area (Å²) in [6.45, 7) is 0. The van der Waals surface area contributed by atoms with E-state index in [2.05, 4.69) is 39.7 Å². The minimum atomic E-state index is 0.509. The van der Waals surface area contributed by atoms with E-state index < -0.39 is 0 Å². The molecule has 0 heterocycles. The van der Waals surface area contributed by atoms with Crippen LogP contribution in [0.5, 0.6) is 0 Å². The molecule has 0 amide bonds. The van der Waals surface area contributed by atoms with Crippen LogP contribution in [-0.4, -0.2) is 11.6 Å². The maximum Gasteiger partial charge on any atom is 0.103 e. The maximum absolute atomic E-state index is 3.29. The molecule has 0 aromatic heterocycles. The molecular formula is C2H5BBr2. The van der Waals surface area contributed by atoms with Gasteiger partial charge in [0.2, 0.25) is 0 Å². The molecule has 0 fully saturated rings. The zero-order valence-corrected chi connectivity index (χ0v) is 6.21. The summed E-state index contributed by atoms with van der Waals surface area (Å²) < 4.78 is 0.509. The fourth-order valence-corrected chi connectivity index (χ4v) is 0. The Balaban J connectivity index is 2.54. The first kappa shape index (κ1) is 6.02. The van der Waals surface area contributed by atoms with Crippen LogP contribution in [0.2, 0.25) is 6.32 Å². The average Bonchev–Trinajstić information content (AvgIpc) is 1.38. The smallest absolute Gasteiger partial charge is 0.0773 e. The molecule has 0 N–H and O–H groups in total. The van der Waals surface area contributed by atoms with Crippen molar-refractivity contribution < 1.29 is 0 Å². The van der Waals surface area contributed by atoms with Crippen LogP contribution in [-0.2, 0) is 0 Å². The van der Waals surface area contributed by atoms with Crippen LogP contribution in [0.3, 0.4) is 0 Å². The van der Waals surface area contributed by atoms with Crippen molar-refractivity contribution >= 4 is 39.7 Å². The van der Waals surface area contributed by atoms with E-state index in [0.29, 0.717) is 3.74 Å². The van der Waals surface area contributed by atoms with E-state index in [1.54, 1.807) is 0 Å². The second-order valence-corrected chi connectivity index (χ2v) is 4.24. The quantitative estimate of drug-likeness (QED) is 0.439. The Morgan fingerprint density at radius 1 is 1.60 bits per heavy atom. The van der Waals surface area contributed by atoms with Gasteiger partial charge in [0.25, 0.3) is 0 Å². The second-order valence-electron chi connectivity index (χ2n) is 0.799. The standard InChI is InChI=1S/C2H5BBr2/c3-1-2(4)5/h2H,1,3H2. The van der Waals surface area contributed by atoms with Gasteiger partial charge in [-0.2, -0.15) is 0 Å². The third-order valence-electron chi connectivity index (χ3n) is 0.309. The Hall–Kier alpha value is 1.02. The molecule has 5 heavy (non-hydrogen) atoms. The first-order valence-corrected chi connectivity index (χ1v) is 3.38. The molecule has 0 aliphatic rings. The monoisotopic (exact) mass is 198 g/mol. The topological polar surface area (TPSA) is 0 Å². The Labute approximate surface area is 50.0 Å². The Bertz CT molecular complexity index is 21.6. The first-order valence-electron chi connectivity index (χ1n) is 1.55. The van der Waals surface area contributed by atoms with Crippen LogP contribution in [0, 0.1) is 0 Å². The van der Waals surface area contributed by atoms with E-state index in [4.69, 9.17) is 0 Å². The lowest BCUT2D eigenvalue weighted by Gasteiger charge is -1.85. The highest BCUT2D eigenvalue weighted by Gasteiger charge is 1.85. The van der Waals surface area contributed by atoms with Crippen molar-refractivity contribution in [3.8, 4) is 0 Å². The van der Waals surface area contributed by atoms with E-state index in [0.717, 1.165) is 6.32 Å². The molecule has 0 unspecified atom stereocenters. The van der Waals surface area contributed by atoms with Crippen LogP contribution in [0.25, 0.3) is 0 Å². The van der Waals surface area contributed by atoms with Gasteiger partial charge in [-0.15, -0.1) is 0 Å². The lowest BCUT2D eigenvalue weighted by molar-refractivity contribution is 1.46. The lowest BCUT2D eigenvalue weighted by atomic mass is 10.1. The molecule has 0 saturated heterocycles. The van der Waals surface area contributed by atoms with Gasteiger partial charge in [-0.05, 0) is 0 Å². The molecule has 3 heteroatoms. The van der Waals surface area contributed by atoms with Gasteiger partial charge in [-0.3, -0.25) is 0 Å². The summed E-state index contributed by atoms with van der Waals surface area (Å²) in [4.78, 5) is 0. The summed E-state index contributed by atoms with van der Waals surface area (Å²) in [5.41, 5.74) is 0. The highest BCUT2D eigenvalue weighted by molar-refractivity contribution is 9.24.